The molecule has 0 aliphatic carbocycles. The number of unbranched alkanes of at least 4 members (excludes halogenated alkanes) is 3. The molecule has 0 N–H and O–H groups in total. The van der Waals surface area contributed by atoms with Gasteiger partial charge in [-0.3, -0.25) is 0 Å². The predicted molar refractivity (Wildman–Crippen MR) is 91.6 cm³/mol. The molecule has 0 bridgehead atoms. The van der Waals surface area contributed by atoms with Crippen LogP contribution >= 0.6 is 0 Å². The predicted octanol–water partition coefficient (Wildman–Crippen LogP) is 5.55. The van der Waals surface area contributed by atoms with Gasteiger partial charge in [-0.15, -0.1) is 0 Å². The average Bonchev–Trinajstić information content (AvgIpc) is 2.54. The van der Waals surface area contributed by atoms with E-state index in [1.54, 1.807) is 0 Å². The van der Waals surface area contributed by atoms with E-state index < -0.39 is 30.2 Å². The molecule has 2 nitrogen and oxygen atoms in total. The summed E-state index contributed by atoms with van der Waals surface area (Å²) >= 11 is -2.74. The van der Waals surface area contributed by atoms with Gasteiger partial charge in [-0.1, -0.05) is 0 Å². The van der Waals surface area contributed by atoms with E-state index >= 15 is 0 Å². The molecule has 0 unspecified atom stereocenters. The summed E-state index contributed by atoms with van der Waals surface area (Å²) in [6, 6.07) is 0. The number of alkyl halides is 3. The Labute approximate surface area is 142 Å². The van der Waals surface area contributed by atoms with Crippen molar-refractivity contribution in [2.75, 3.05) is 0 Å². The van der Waals surface area contributed by atoms with Crippen LogP contribution in [0.3, 0.4) is 0 Å². The molecule has 0 amide bonds. The summed E-state index contributed by atoms with van der Waals surface area (Å²) < 4.78 is 42.7. The van der Waals surface area contributed by atoms with E-state index in [1.807, 2.05) is 0 Å². The molecule has 1 rings (SSSR count). The molecule has 0 atom stereocenters. The molecule has 0 aliphatic rings. The molecule has 1 aromatic rings. The van der Waals surface area contributed by atoms with Crippen LogP contribution in [0.15, 0.2) is 12.4 Å². The Morgan fingerprint density at radius 3 is 1.61 bits per heavy atom. The van der Waals surface area contributed by atoms with Gasteiger partial charge in [0.05, 0.1) is 0 Å². The first-order valence-corrected chi connectivity index (χ1v) is 16.3. The van der Waals surface area contributed by atoms with Crippen LogP contribution < -0.4 is 3.71 Å². The molecule has 0 fully saturated rings. The van der Waals surface area contributed by atoms with Crippen molar-refractivity contribution < 1.29 is 13.2 Å². The number of aromatic nitrogens is 2. The standard InChI is InChI=1S/C5H2F3N2.3C4H9.Sn/c6-5(7,8)4-3-9-1-2-10-4;3*1-3-4-2;/h2-3H;3*1,3-4H2,2H3;. The van der Waals surface area contributed by atoms with E-state index in [9.17, 15) is 13.2 Å². The average molecular weight is 437 g/mol. The van der Waals surface area contributed by atoms with E-state index in [2.05, 4.69) is 30.7 Å². The second kappa shape index (κ2) is 9.84. The Bertz CT molecular complexity index is 424. The van der Waals surface area contributed by atoms with Gasteiger partial charge < -0.3 is 0 Å². The van der Waals surface area contributed by atoms with Crippen molar-refractivity contribution >= 4 is 22.1 Å². The van der Waals surface area contributed by atoms with E-state index in [1.165, 1.54) is 19.5 Å². The first-order chi connectivity index (χ1) is 10.9. The quantitative estimate of drug-likeness (QED) is 0.449. The van der Waals surface area contributed by atoms with Gasteiger partial charge in [0.25, 0.3) is 0 Å². The zero-order valence-electron chi connectivity index (χ0n) is 14.5. The van der Waals surface area contributed by atoms with Crippen LogP contribution in [-0.4, -0.2) is 28.3 Å². The van der Waals surface area contributed by atoms with Gasteiger partial charge >= 0.3 is 142 Å². The fourth-order valence-corrected chi connectivity index (χ4v) is 18.1. The zero-order chi connectivity index (χ0) is 17.3. The summed E-state index contributed by atoms with van der Waals surface area (Å²) in [4.78, 5) is 7.99. The van der Waals surface area contributed by atoms with Crippen molar-refractivity contribution in [3.8, 4) is 0 Å². The van der Waals surface area contributed by atoms with Gasteiger partial charge in [0, 0.05) is 0 Å². The van der Waals surface area contributed by atoms with Crippen molar-refractivity contribution in [1.29, 1.82) is 0 Å². The number of halogens is 3. The third kappa shape index (κ3) is 6.23. The molecule has 6 heteroatoms. The van der Waals surface area contributed by atoms with E-state index in [0.29, 0.717) is 0 Å². The fraction of sp³-hybridized carbons (Fsp3) is 0.765. The second-order valence-corrected chi connectivity index (χ2v) is 19.4. The van der Waals surface area contributed by atoms with Crippen molar-refractivity contribution in [3.63, 3.8) is 0 Å². The van der Waals surface area contributed by atoms with Gasteiger partial charge in [-0.2, -0.15) is 0 Å². The summed E-state index contributed by atoms with van der Waals surface area (Å²) in [7, 11) is 0. The summed E-state index contributed by atoms with van der Waals surface area (Å²) in [5, 5.41) is 0. The summed E-state index contributed by atoms with van der Waals surface area (Å²) in [5.74, 6) is 0. The fourth-order valence-electron chi connectivity index (χ4n) is 3.05. The Hall–Kier alpha value is -0.331. The molecule has 1 heterocycles. The van der Waals surface area contributed by atoms with Crippen molar-refractivity contribution in [1.82, 2.24) is 9.97 Å². The van der Waals surface area contributed by atoms with E-state index in [0.717, 1.165) is 48.4 Å². The molecule has 132 valence electrons. The van der Waals surface area contributed by atoms with Crippen LogP contribution in [0, 0.1) is 0 Å². The number of hydrogen-bond donors (Lipinski definition) is 0. The SMILES string of the molecule is CCC[CH2][Sn]([CH2]CCC)([CH2]CCC)[c]1cnc(C(F)(F)F)cn1. The minimum absolute atomic E-state index is 0.872. The number of hydrogen-bond acceptors (Lipinski definition) is 2. The molecular weight excluding hydrogens is 408 g/mol. The Kier molecular flexibility index (Phi) is 8.86. The Balaban J connectivity index is 3.12. The minimum atomic E-state index is -4.40. The molecule has 0 aliphatic heterocycles. The van der Waals surface area contributed by atoms with Gasteiger partial charge in [0.15, 0.2) is 0 Å². The summed E-state index contributed by atoms with van der Waals surface area (Å²) in [6.45, 7) is 6.53. The molecule has 1 aromatic heterocycles. The summed E-state index contributed by atoms with van der Waals surface area (Å²) in [6.07, 6.45) is 4.87. The maximum atomic E-state index is 12.7. The van der Waals surface area contributed by atoms with Crippen molar-refractivity contribution in [3.05, 3.63) is 18.1 Å². The third-order valence-corrected chi connectivity index (χ3v) is 19.6. The van der Waals surface area contributed by atoms with Gasteiger partial charge in [0.1, 0.15) is 0 Å². The number of rotatable bonds is 10. The summed E-state index contributed by atoms with van der Waals surface area (Å²) in [5.41, 5.74) is -0.872. The van der Waals surface area contributed by atoms with Crippen molar-refractivity contribution in [2.45, 2.75) is 78.8 Å². The van der Waals surface area contributed by atoms with E-state index in [4.69, 9.17) is 0 Å². The van der Waals surface area contributed by atoms with Gasteiger partial charge in [-0.25, -0.2) is 0 Å². The Morgan fingerprint density at radius 2 is 1.30 bits per heavy atom. The Morgan fingerprint density at radius 1 is 0.826 bits per heavy atom. The molecule has 0 saturated carbocycles. The normalized spacial score (nSPS) is 12.6. The van der Waals surface area contributed by atoms with Crippen LogP contribution in [0.2, 0.25) is 13.3 Å². The van der Waals surface area contributed by atoms with Crippen LogP contribution in [-0.2, 0) is 6.18 Å². The topological polar surface area (TPSA) is 25.8 Å². The molecular formula is C17H29F3N2Sn. The first-order valence-electron chi connectivity index (χ1n) is 8.79. The zero-order valence-corrected chi connectivity index (χ0v) is 17.4. The van der Waals surface area contributed by atoms with Crippen LogP contribution in [0.25, 0.3) is 0 Å². The van der Waals surface area contributed by atoms with E-state index in [-0.39, 0.29) is 0 Å². The monoisotopic (exact) mass is 438 g/mol. The van der Waals surface area contributed by atoms with Crippen LogP contribution in [0.5, 0.6) is 0 Å². The first kappa shape index (κ1) is 20.7. The molecule has 0 radical (unpaired) electrons. The van der Waals surface area contributed by atoms with Crippen LogP contribution in [0.1, 0.15) is 65.0 Å². The molecule has 0 spiro atoms. The van der Waals surface area contributed by atoms with Crippen LogP contribution in [0.4, 0.5) is 13.2 Å². The second-order valence-electron chi connectivity index (χ2n) is 6.38. The third-order valence-electron chi connectivity index (χ3n) is 4.51. The van der Waals surface area contributed by atoms with Crippen molar-refractivity contribution in [2.24, 2.45) is 0 Å². The maximum absolute atomic E-state index is 12.7. The number of nitrogens with zero attached hydrogens (tertiary/aromatic N) is 2. The van der Waals surface area contributed by atoms with Gasteiger partial charge in [-0.05, 0) is 0 Å². The molecule has 0 saturated heterocycles. The van der Waals surface area contributed by atoms with Gasteiger partial charge in [0.2, 0.25) is 0 Å². The molecule has 0 aromatic carbocycles. The molecule has 23 heavy (non-hydrogen) atoms.